The molecule has 0 aromatic rings. The second kappa shape index (κ2) is 8.25. The molecule has 5 nitrogen and oxygen atoms in total. The first-order valence-corrected chi connectivity index (χ1v) is 7.28. The second-order valence-corrected chi connectivity index (χ2v) is 5.79. The molecule has 1 rings (SSSR count). The van der Waals surface area contributed by atoms with Crippen molar-refractivity contribution >= 4 is 5.91 Å². The van der Waals surface area contributed by atoms with E-state index in [2.05, 4.69) is 29.8 Å². The molecule has 0 saturated carbocycles. The number of nitrogens with zero attached hydrogens (tertiary/aromatic N) is 3. The van der Waals surface area contributed by atoms with Gasteiger partial charge in [-0.3, -0.25) is 4.79 Å². The van der Waals surface area contributed by atoms with Crippen molar-refractivity contribution in [3.63, 3.8) is 0 Å². The maximum atomic E-state index is 11.9. The predicted octanol–water partition coefficient (Wildman–Crippen LogP) is -0.179. The number of hydrogen-bond donors (Lipinski definition) is 1. The third kappa shape index (κ3) is 5.12. The molecule has 1 aliphatic rings. The molecule has 1 unspecified atom stereocenters. The van der Waals surface area contributed by atoms with E-state index >= 15 is 0 Å². The molecule has 1 amide bonds. The van der Waals surface area contributed by atoms with Gasteiger partial charge in [0.25, 0.3) is 0 Å². The lowest BCUT2D eigenvalue weighted by molar-refractivity contribution is -0.131. The molecular weight excluding hydrogens is 252 g/mol. The van der Waals surface area contributed by atoms with E-state index in [1.807, 2.05) is 0 Å². The summed E-state index contributed by atoms with van der Waals surface area (Å²) in [5, 5.41) is 0. The normalized spacial score (nSPS) is 18.8. The molecule has 0 spiro atoms. The minimum atomic E-state index is -0.571. The van der Waals surface area contributed by atoms with E-state index in [9.17, 15) is 4.79 Å². The lowest BCUT2D eigenvalue weighted by atomic mass is 10.0. The highest BCUT2D eigenvalue weighted by Gasteiger charge is 2.22. The molecule has 1 saturated heterocycles. The minimum Gasteiger partial charge on any atom is -0.343 e. The summed E-state index contributed by atoms with van der Waals surface area (Å²) in [4.78, 5) is 18.3. The number of carbonyl (C=O) groups excluding carboxylic acids is 1. The largest absolute Gasteiger partial charge is 0.343 e. The van der Waals surface area contributed by atoms with Crippen LogP contribution in [0.4, 0.5) is 0 Å². The maximum absolute atomic E-state index is 11.9. The zero-order chi connectivity index (χ0) is 15.1. The standard InChI is InChI=1S/C15H28N4O/c1-5-6-14(16)15(20)19(4)12-11-18(3)13-7-9-17(2)10-8-13/h1,13-14H,6-12,16H2,2-4H3. The molecule has 0 bridgehead atoms. The Morgan fingerprint density at radius 3 is 2.55 bits per heavy atom. The highest BCUT2D eigenvalue weighted by atomic mass is 16.2. The number of rotatable bonds is 6. The Balaban J connectivity index is 2.31. The average Bonchev–Trinajstić information content (AvgIpc) is 2.44. The van der Waals surface area contributed by atoms with Crippen molar-refractivity contribution in [1.82, 2.24) is 14.7 Å². The van der Waals surface area contributed by atoms with E-state index < -0.39 is 6.04 Å². The van der Waals surface area contributed by atoms with Crippen LogP contribution in [-0.2, 0) is 4.79 Å². The molecule has 0 aromatic heterocycles. The van der Waals surface area contributed by atoms with Crippen LogP contribution in [0.3, 0.4) is 0 Å². The highest BCUT2D eigenvalue weighted by molar-refractivity contribution is 5.81. The van der Waals surface area contributed by atoms with Crippen LogP contribution in [0.1, 0.15) is 19.3 Å². The van der Waals surface area contributed by atoms with Gasteiger partial charge >= 0.3 is 0 Å². The highest BCUT2D eigenvalue weighted by Crippen LogP contribution is 2.13. The molecule has 5 heteroatoms. The summed E-state index contributed by atoms with van der Waals surface area (Å²) in [5.74, 6) is 2.37. The topological polar surface area (TPSA) is 52.8 Å². The number of piperidine rings is 1. The number of amides is 1. The van der Waals surface area contributed by atoms with Gasteiger partial charge in [-0.2, -0.15) is 0 Å². The molecule has 2 N–H and O–H groups in total. The van der Waals surface area contributed by atoms with Gasteiger partial charge < -0.3 is 20.4 Å². The summed E-state index contributed by atoms with van der Waals surface area (Å²) in [5.41, 5.74) is 5.74. The zero-order valence-corrected chi connectivity index (χ0v) is 13.0. The molecule has 1 atom stereocenters. The number of nitrogens with two attached hydrogens (primary N) is 1. The Labute approximate surface area is 123 Å². The second-order valence-electron chi connectivity index (χ2n) is 5.79. The molecule has 114 valence electrons. The van der Waals surface area contributed by atoms with E-state index in [4.69, 9.17) is 12.2 Å². The molecule has 20 heavy (non-hydrogen) atoms. The molecular formula is C15H28N4O. The number of hydrogen-bond acceptors (Lipinski definition) is 4. The van der Waals surface area contributed by atoms with Crippen molar-refractivity contribution in [3.05, 3.63) is 0 Å². The third-order valence-electron chi connectivity index (χ3n) is 4.13. The summed E-state index contributed by atoms with van der Waals surface area (Å²) >= 11 is 0. The summed E-state index contributed by atoms with van der Waals surface area (Å²) < 4.78 is 0. The van der Waals surface area contributed by atoms with E-state index in [1.165, 1.54) is 12.8 Å². The summed E-state index contributed by atoms with van der Waals surface area (Å²) in [6.07, 6.45) is 7.88. The van der Waals surface area contributed by atoms with Crippen LogP contribution < -0.4 is 5.73 Å². The molecule has 1 fully saturated rings. The molecule has 1 heterocycles. The Hall–Kier alpha value is -1.09. The van der Waals surface area contributed by atoms with Crippen LogP contribution in [0.5, 0.6) is 0 Å². The SMILES string of the molecule is C#CCC(N)C(=O)N(C)CCN(C)C1CCN(C)CC1. The van der Waals surface area contributed by atoms with E-state index in [-0.39, 0.29) is 5.91 Å². The van der Waals surface area contributed by atoms with Crippen LogP contribution in [0.25, 0.3) is 0 Å². The van der Waals surface area contributed by atoms with Gasteiger partial charge in [0, 0.05) is 32.6 Å². The quantitative estimate of drug-likeness (QED) is 0.686. The van der Waals surface area contributed by atoms with Crippen molar-refractivity contribution in [2.24, 2.45) is 5.73 Å². The van der Waals surface area contributed by atoms with Gasteiger partial charge in [-0.25, -0.2) is 0 Å². The summed E-state index contributed by atoms with van der Waals surface area (Å²) in [6.45, 7) is 3.87. The molecule has 1 aliphatic heterocycles. The Kier molecular flexibility index (Phi) is 7.00. The fourth-order valence-electron chi connectivity index (χ4n) is 2.53. The monoisotopic (exact) mass is 280 g/mol. The minimum absolute atomic E-state index is 0.0697. The fraction of sp³-hybridized carbons (Fsp3) is 0.800. The van der Waals surface area contributed by atoms with E-state index in [0.29, 0.717) is 19.0 Å². The van der Waals surface area contributed by atoms with Crippen molar-refractivity contribution in [1.29, 1.82) is 0 Å². The van der Waals surface area contributed by atoms with Crippen LogP contribution in [0, 0.1) is 12.3 Å². The number of likely N-dealkylation sites (N-methyl/N-ethyl adjacent to an activating group) is 2. The van der Waals surface area contributed by atoms with Gasteiger partial charge in [0.2, 0.25) is 5.91 Å². The van der Waals surface area contributed by atoms with Crippen molar-refractivity contribution in [2.45, 2.75) is 31.3 Å². The first-order valence-electron chi connectivity index (χ1n) is 7.28. The number of likely N-dealkylation sites (tertiary alicyclic amines) is 1. The van der Waals surface area contributed by atoms with Gasteiger partial charge in [0.05, 0.1) is 6.04 Å². The van der Waals surface area contributed by atoms with Gasteiger partial charge in [-0.15, -0.1) is 12.3 Å². The van der Waals surface area contributed by atoms with Crippen LogP contribution >= 0.6 is 0 Å². The van der Waals surface area contributed by atoms with Gasteiger partial charge in [0.1, 0.15) is 0 Å². The van der Waals surface area contributed by atoms with E-state index in [0.717, 1.165) is 19.6 Å². The van der Waals surface area contributed by atoms with Crippen molar-refractivity contribution in [2.75, 3.05) is 47.3 Å². The Morgan fingerprint density at radius 2 is 2.00 bits per heavy atom. The number of carbonyl (C=O) groups is 1. The molecule has 0 aliphatic carbocycles. The van der Waals surface area contributed by atoms with E-state index in [1.54, 1.807) is 11.9 Å². The van der Waals surface area contributed by atoms with Crippen LogP contribution in [-0.4, -0.2) is 80.0 Å². The zero-order valence-electron chi connectivity index (χ0n) is 13.0. The molecule has 0 radical (unpaired) electrons. The van der Waals surface area contributed by atoms with Crippen LogP contribution in [0.2, 0.25) is 0 Å². The Bertz CT molecular complexity index is 344. The lowest BCUT2D eigenvalue weighted by Gasteiger charge is -2.35. The summed E-state index contributed by atoms with van der Waals surface area (Å²) in [6, 6.07) is 0.0488. The van der Waals surface area contributed by atoms with Gasteiger partial charge in [-0.1, -0.05) is 0 Å². The van der Waals surface area contributed by atoms with Gasteiger partial charge in [0.15, 0.2) is 0 Å². The smallest absolute Gasteiger partial charge is 0.240 e. The van der Waals surface area contributed by atoms with Crippen molar-refractivity contribution < 1.29 is 4.79 Å². The Morgan fingerprint density at radius 1 is 1.40 bits per heavy atom. The van der Waals surface area contributed by atoms with Crippen LogP contribution in [0.15, 0.2) is 0 Å². The first kappa shape index (κ1) is 17.0. The maximum Gasteiger partial charge on any atom is 0.240 e. The average molecular weight is 280 g/mol. The predicted molar refractivity (Wildman–Crippen MR) is 82.2 cm³/mol. The summed E-state index contributed by atoms with van der Waals surface area (Å²) in [7, 11) is 6.09. The first-order chi connectivity index (χ1) is 9.45. The lowest BCUT2D eigenvalue weighted by Crippen LogP contribution is -2.47. The molecule has 0 aromatic carbocycles. The van der Waals surface area contributed by atoms with Gasteiger partial charge in [-0.05, 0) is 40.0 Å². The third-order valence-corrected chi connectivity index (χ3v) is 4.13. The fourth-order valence-corrected chi connectivity index (χ4v) is 2.53. The van der Waals surface area contributed by atoms with Crippen molar-refractivity contribution in [3.8, 4) is 12.3 Å². The number of terminal acetylenes is 1.